The van der Waals surface area contributed by atoms with Crippen LogP contribution in [0.5, 0.6) is 0 Å². The Morgan fingerprint density at radius 3 is 2.32 bits per heavy atom. The maximum absolute atomic E-state index is 12.5. The van der Waals surface area contributed by atoms with Crippen LogP contribution in [0, 0.1) is 0 Å². The first-order chi connectivity index (χ1) is 13.7. The molecule has 4 rings (SSSR count). The molecular weight excluding hydrogens is 370 g/mol. The summed E-state index contributed by atoms with van der Waals surface area (Å²) in [5, 5.41) is 1.09. The van der Waals surface area contributed by atoms with Gasteiger partial charge in [-0.2, -0.15) is 0 Å². The van der Waals surface area contributed by atoms with Gasteiger partial charge < -0.3 is 9.80 Å². The van der Waals surface area contributed by atoms with E-state index in [2.05, 4.69) is 11.1 Å². The zero-order valence-corrected chi connectivity index (χ0v) is 16.5. The van der Waals surface area contributed by atoms with Crippen molar-refractivity contribution < 1.29 is 9.59 Å². The lowest BCUT2D eigenvalue weighted by Gasteiger charge is -2.35. The molecule has 1 fully saturated rings. The van der Waals surface area contributed by atoms with Gasteiger partial charge in [0.2, 0.25) is 5.91 Å². The van der Waals surface area contributed by atoms with Crippen molar-refractivity contribution in [2.75, 3.05) is 26.2 Å². The third-order valence-electron chi connectivity index (χ3n) is 5.06. The summed E-state index contributed by atoms with van der Waals surface area (Å²) in [5.74, 6) is 0.219. The highest BCUT2D eigenvalue weighted by atomic mass is 32.1. The number of aryl methyl sites for hydroxylation is 1. The van der Waals surface area contributed by atoms with Crippen LogP contribution in [0.1, 0.15) is 28.2 Å². The van der Waals surface area contributed by atoms with Gasteiger partial charge in [0.05, 0.1) is 15.2 Å². The van der Waals surface area contributed by atoms with Gasteiger partial charge in [-0.15, -0.1) is 11.3 Å². The van der Waals surface area contributed by atoms with Gasteiger partial charge in [-0.25, -0.2) is 4.98 Å². The molecule has 0 bridgehead atoms. The lowest BCUT2D eigenvalue weighted by molar-refractivity contribution is -0.132. The molecule has 1 saturated heterocycles. The van der Waals surface area contributed by atoms with Crippen molar-refractivity contribution in [3.8, 4) is 0 Å². The first kappa shape index (κ1) is 18.6. The van der Waals surface area contributed by atoms with Gasteiger partial charge in [-0.1, -0.05) is 30.3 Å². The number of thiazole rings is 1. The Morgan fingerprint density at radius 2 is 1.57 bits per heavy atom. The molecule has 0 unspecified atom stereocenters. The van der Waals surface area contributed by atoms with E-state index in [1.165, 1.54) is 4.70 Å². The fraction of sp³-hybridized carbons (Fsp3) is 0.318. The van der Waals surface area contributed by atoms with Gasteiger partial charge in [0.1, 0.15) is 0 Å². The van der Waals surface area contributed by atoms with Crippen molar-refractivity contribution in [1.29, 1.82) is 0 Å². The molecule has 6 heteroatoms. The Morgan fingerprint density at radius 1 is 0.893 bits per heavy atom. The van der Waals surface area contributed by atoms with E-state index in [9.17, 15) is 9.59 Å². The molecule has 1 aromatic heterocycles. The maximum Gasteiger partial charge on any atom is 0.253 e. The lowest BCUT2D eigenvalue weighted by Crippen LogP contribution is -2.50. The minimum atomic E-state index is 0.0449. The van der Waals surface area contributed by atoms with Gasteiger partial charge in [-0.05, 0) is 37.1 Å². The van der Waals surface area contributed by atoms with E-state index in [0.717, 1.165) is 23.4 Å². The number of rotatable bonds is 5. The summed E-state index contributed by atoms with van der Waals surface area (Å²) in [5.41, 5.74) is 1.74. The fourth-order valence-electron chi connectivity index (χ4n) is 3.50. The standard InChI is InChI=1S/C22H23N3O2S/c26-21(12-6-11-20-23-18-9-4-5-10-19(18)28-20)24-13-15-25(16-14-24)22(27)17-7-2-1-3-8-17/h1-5,7-10H,6,11-16H2. The van der Waals surface area contributed by atoms with E-state index in [1.54, 1.807) is 11.3 Å². The normalized spacial score (nSPS) is 14.4. The lowest BCUT2D eigenvalue weighted by atomic mass is 10.1. The Balaban J connectivity index is 1.23. The maximum atomic E-state index is 12.5. The number of para-hydroxylation sites is 1. The predicted molar refractivity (Wildman–Crippen MR) is 111 cm³/mol. The highest BCUT2D eigenvalue weighted by molar-refractivity contribution is 7.18. The summed E-state index contributed by atoms with van der Waals surface area (Å²) in [4.78, 5) is 33.4. The molecular formula is C22H23N3O2S. The summed E-state index contributed by atoms with van der Waals surface area (Å²) in [7, 11) is 0. The van der Waals surface area contributed by atoms with Crippen molar-refractivity contribution in [2.45, 2.75) is 19.3 Å². The van der Waals surface area contributed by atoms with Crippen LogP contribution in [-0.4, -0.2) is 52.8 Å². The monoisotopic (exact) mass is 393 g/mol. The highest BCUT2D eigenvalue weighted by Crippen LogP contribution is 2.23. The average Bonchev–Trinajstić information content (AvgIpc) is 3.16. The van der Waals surface area contributed by atoms with Gasteiger partial charge in [-0.3, -0.25) is 9.59 Å². The Labute approximate surface area is 168 Å². The second-order valence-corrected chi connectivity index (χ2v) is 8.08. The van der Waals surface area contributed by atoms with E-state index < -0.39 is 0 Å². The van der Waals surface area contributed by atoms with Gasteiger partial charge in [0.25, 0.3) is 5.91 Å². The summed E-state index contributed by atoms with van der Waals surface area (Å²) in [6, 6.07) is 17.4. The number of carbonyl (C=O) groups excluding carboxylic acids is 2. The Hall–Kier alpha value is -2.73. The number of fused-ring (bicyclic) bond motifs is 1. The quantitative estimate of drug-likeness (QED) is 0.665. The van der Waals surface area contributed by atoms with E-state index in [4.69, 9.17) is 0 Å². The van der Waals surface area contributed by atoms with Crippen LogP contribution in [-0.2, 0) is 11.2 Å². The molecule has 0 radical (unpaired) electrons. The molecule has 3 aromatic rings. The second-order valence-electron chi connectivity index (χ2n) is 6.97. The summed E-state index contributed by atoms with van der Waals surface area (Å²) in [6.07, 6.45) is 2.17. The molecule has 2 amide bonds. The molecule has 1 aliphatic heterocycles. The third-order valence-corrected chi connectivity index (χ3v) is 6.16. The number of benzene rings is 2. The number of hydrogen-bond acceptors (Lipinski definition) is 4. The van der Waals surface area contributed by atoms with E-state index in [-0.39, 0.29) is 11.8 Å². The molecule has 28 heavy (non-hydrogen) atoms. The molecule has 0 N–H and O–H groups in total. The van der Waals surface area contributed by atoms with Crippen molar-refractivity contribution in [2.24, 2.45) is 0 Å². The largest absolute Gasteiger partial charge is 0.339 e. The number of nitrogens with zero attached hydrogens (tertiary/aromatic N) is 3. The molecule has 2 heterocycles. The number of aromatic nitrogens is 1. The third kappa shape index (κ3) is 4.22. The number of piperazine rings is 1. The minimum absolute atomic E-state index is 0.0449. The zero-order valence-electron chi connectivity index (χ0n) is 15.7. The average molecular weight is 394 g/mol. The van der Waals surface area contributed by atoms with Crippen LogP contribution in [0.3, 0.4) is 0 Å². The zero-order chi connectivity index (χ0) is 19.3. The topological polar surface area (TPSA) is 53.5 Å². The van der Waals surface area contributed by atoms with Crippen LogP contribution in [0.25, 0.3) is 10.2 Å². The SMILES string of the molecule is O=C(CCCc1nc2ccccc2s1)N1CCN(C(=O)c2ccccc2)CC1. The summed E-state index contributed by atoms with van der Waals surface area (Å²) >= 11 is 1.71. The number of carbonyl (C=O) groups is 2. The molecule has 0 atom stereocenters. The Bertz CT molecular complexity index is 929. The number of hydrogen-bond donors (Lipinski definition) is 0. The fourth-order valence-corrected chi connectivity index (χ4v) is 4.51. The van der Waals surface area contributed by atoms with Crippen LogP contribution in [0.15, 0.2) is 54.6 Å². The second kappa shape index (κ2) is 8.52. The van der Waals surface area contributed by atoms with Crippen LogP contribution < -0.4 is 0 Å². The van der Waals surface area contributed by atoms with E-state index in [1.807, 2.05) is 58.3 Å². The molecule has 0 saturated carbocycles. The molecule has 1 aliphatic rings. The molecule has 2 aromatic carbocycles. The van der Waals surface area contributed by atoms with Crippen molar-refractivity contribution in [1.82, 2.24) is 14.8 Å². The van der Waals surface area contributed by atoms with Crippen LogP contribution in [0.2, 0.25) is 0 Å². The molecule has 5 nitrogen and oxygen atoms in total. The first-order valence-corrected chi connectivity index (χ1v) is 10.5. The van der Waals surface area contributed by atoms with Crippen molar-refractivity contribution in [3.05, 3.63) is 65.2 Å². The first-order valence-electron chi connectivity index (χ1n) is 9.67. The minimum Gasteiger partial charge on any atom is -0.339 e. The predicted octanol–water partition coefficient (Wildman–Crippen LogP) is 3.60. The van der Waals surface area contributed by atoms with E-state index >= 15 is 0 Å². The molecule has 0 aliphatic carbocycles. The molecule has 144 valence electrons. The van der Waals surface area contributed by atoms with E-state index in [0.29, 0.717) is 38.2 Å². The smallest absolute Gasteiger partial charge is 0.253 e. The van der Waals surface area contributed by atoms with Crippen LogP contribution in [0.4, 0.5) is 0 Å². The van der Waals surface area contributed by atoms with Gasteiger partial charge >= 0.3 is 0 Å². The number of amides is 2. The van der Waals surface area contributed by atoms with Crippen molar-refractivity contribution >= 4 is 33.4 Å². The Kier molecular flexibility index (Phi) is 5.67. The van der Waals surface area contributed by atoms with Crippen molar-refractivity contribution in [3.63, 3.8) is 0 Å². The molecule has 0 spiro atoms. The van der Waals surface area contributed by atoms with Gasteiger partial charge in [0, 0.05) is 38.2 Å². The highest BCUT2D eigenvalue weighted by Gasteiger charge is 2.24. The van der Waals surface area contributed by atoms with Crippen LogP contribution >= 0.6 is 11.3 Å². The summed E-state index contributed by atoms with van der Waals surface area (Å²) < 4.78 is 1.20. The van der Waals surface area contributed by atoms with Gasteiger partial charge in [0.15, 0.2) is 0 Å². The summed E-state index contributed by atoms with van der Waals surface area (Å²) in [6.45, 7) is 2.41.